The molecule has 320 valence electrons. The molecule has 15 rings (SSSR count). The predicted molar refractivity (Wildman–Crippen MR) is 284 cm³/mol. The van der Waals surface area contributed by atoms with Crippen molar-refractivity contribution in [3.8, 4) is 34.6 Å². The first-order chi connectivity index (χ1) is 34.2. The van der Waals surface area contributed by atoms with Crippen LogP contribution in [-0.2, 0) is 0 Å². The van der Waals surface area contributed by atoms with Gasteiger partial charge in [0.15, 0.2) is 0 Å². The Morgan fingerprint density at radius 1 is 0.464 bits per heavy atom. The van der Waals surface area contributed by atoms with E-state index in [1.807, 2.05) is 18.2 Å². The predicted octanol–water partition coefficient (Wildman–Crippen LogP) is 16.3. The first kappa shape index (κ1) is 38.0. The molecule has 1 aliphatic heterocycles. The molecule has 0 saturated heterocycles. The third-order valence-electron chi connectivity index (χ3n) is 14.7. The third-order valence-corrected chi connectivity index (χ3v) is 15.9. The summed E-state index contributed by atoms with van der Waals surface area (Å²) >= 11 is 1.78. The summed E-state index contributed by atoms with van der Waals surface area (Å²) < 4.78 is 13.8. The van der Waals surface area contributed by atoms with E-state index in [1.54, 1.807) is 11.3 Å². The lowest BCUT2D eigenvalue weighted by molar-refractivity contribution is 0.656. The van der Waals surface area contributed by atoms with Gasteiger partial charge in [0.25, 0.3) is 0 Å². The Morgan fingerprint density at radius 2 is 0.986 bits per heavy atom. The third kappa shape index (κ3) is 5.06. The van der Waals surface area contributed by atoms with Crippen molar-refractivity contribution in [1.82, 2.24) is 9.13 Å². The topological polar surface area (TPSA) is 73.8 Å². The van der Waals surface area contributed by atoms with Gasteiger partial charge in [-0.2, -0.15) is 10.5 Å². The van der Waals surface area contributed by atoms with Crippen LogP contribution in [0.2, 0.25) is 0 Å². The average molecular weight is 898 g/mol. The largest absolute Gasteiger partial charge is 0.456 e. The van der Waals surface area contributed by atoms with Crippen LogP contribution < -0.4 is 4.90 Å². The molecule has 2 atom stereocenters. The SMILES string of the molecule is N#Cc1c(N2c3ccc4c(oc5ccccc54)c3C3C=CC=CC32)c(C#N)c(-n2c3ccccc3c3ccccc32)c(-c2ccc3sc4ccccc4c3c2)c1-n1c2ccccc2c2ccccc21. The van der Waals surface area contributed by atoms with Gasteiger partial charge in [-0.1, -0.05) is 140 Å². The number of allylic oxidation sites excluding steroid dienone is 2. The number of nitriles is 2. The Hall–Kier alpha value is -9.14. The molecule has 0 fully saturated rings. The molecule has 2 unspecified atom stereocenters. The quantitative estimate of drug-likeness (QED) is 0.176. The second-order valence-corrected chi connectivity index (χ2v) is 19.2. The number of para-hydroxylation sites is 5. The average Bonchev–Trinajstić information content (AvgIpc) is 4.21. The number of anilines is 2. The van der Waals surface area contributed by atoms with Gasteiger partial charge in [-0.3, -0.25) is 0 Å². The number of nitrogens with zero attached hydrogens (tertiary/aromatic N) is 5. The number of thiophene rings is 1. The molecule has 5 heterocycles. The summed E-state index contributed by atoms with van der Waals surface area (Å²) in [5.74, 6) is -0.130. The fourth-order valence-corrected chi connectivity index (χ4v) is 13.1. The zero-order valence-electron chi connectivity index (χ0n) is 36.8. The zero-order chi connectivity index (χ0) is 45.5. The number of rotatable bonds is 4. The van der Waals surface area contributed by atoms with Gasteiger partial charge in [0, 0.05) is 75.2 Å². The van der Waals surface area contributed by atoms with Crippen molar-refractivity contribution in [3.63, 3.8) is 0 Å². The number of aromatic nitrogens is 2. The van der Waals surface area contributed by atoms with Gasteiger partial charge in [0.1, 0.15) is 34.4 Å². The first-order valence-corrected chi connectivity index (χ1v) is 24.0. The Labute approximate surface area is 398 Å². The van der Waals surface area contributed by atoms with E-state index >= 15 is 0 Å². The van der Waals surface area contributed by atoms with Crippen LogP contribution in [0.3, 0.4) is 0 Å². The van der Waals surface area contributed by atoms with E-state index in [2.05, 4.69) is 208 Å². The standard InChI is InChI=1S/C62H35N5OS/c63-34-46-59(67-52-26-12-5-21-44(52)58-53(67)31-30-43-41-19-6-13-27-54(41)68-62(43)58)47(35-64)61(66-50-24-10-3-17-39(50)40-18-4-11-25-51(40)66)57(36-29-32-56-45(33-36)42-20-7-14-28-55(42)69-56)60(46)65-48-22-8-1-15-37(48)38-16-2-9-23-49(38)65/h1-33,44,52H. The highest BCUT2D eigenvalue weighted by Crippen LogP contribution is 2.57. The molecule has 0 radical (unpaired) electrons. The summed E-state index contributed by atoms with van der Waals surface area (Å²) in [4.78, 5) is 2.28. The summed E-state index contributed by atoms with van der Waals surface area (Å²) in [7, 11) is 0. The van der Waals surface area contributed by atoms with Crippen molar-refractivity contribution in [2.75, 3.05) is 4.90 Å². The monoisotopic (exact) mass is 897 g/mol. The molecule has 7 heteroatoms. The molecule has 2 aliphatic rings. The number of benzene rings is 9. The van der Waals surface area contributed by atoms with Gasteiger partial charge in [0.05, 0.1) is 45.2 Å². The van der Waals surface area contributed by atoms with Gasteiger partial charge in [-0.15, -0.1) is 11.3 Å². The van der Waals surface area contributed by atoms with E-state index in [0.717, 1.165) is 93.3 Å². The second kappa shape index (κ2) is 14.2. The van der Waals surface area contributed by atoms with Gasteiger partial charge in [0.2, 0.25) is 0 Å². The molecule has 69 heavy (non-hydrogen) atoms. The van der Waals surface area contributed by atoms with Crippen LogP contribution in [0.1, 0.15) is 22.6 Å². The van der Waals surface area contributed by atoms with Crippen LogP contribution >= 0.6 is 11.3 Å². The molecule has 13 aromatic rings. The highest BCUT2D eigenvalue weighted by molar-refractivity contribution is 7.25. The molecule has 1 aliphatic carbocycles. The number of hydrogen-bond acceptors (Lipinski definition) is 5. The maximum absolute atomic E-state index is 12.3. The summed E-state index contributed by atoms with van der Waals surface area (Å²) in [6, 6.07) is 67.1. The van der Waals surface area contributed by atoms with Crippen molar-refractivity contribution in [2.45, 2.75) is 12.0 Å². The lowest BCUT2D eigenvalue weighted by Crippen LogP contribution is -2.30. The van der Waals surface area contributed by atoms with Crippen molar-refractivity contribution in [1.29, 1.82) is 10.5 Å². The Kier molecular flexibility index (Phi) is 7.82. The zero-order valence-corrected chi connectivity index (χ0v) is 37.6. The van der Waals surface area contributed by atoms with Crippen molar-refractivity contribution in [3.05, 3.63) is 217 Å². The number of furan rings is 1. The first-order valence-electron chi connectivity index (χ1n) is 23.2. The van der Waals surface area contributed by atoms with E-state index in [9.17, 15) is 10.5 Å². The van der Waals surface area contributed by atoms with Crippen LogP contribution in [0, 0.1) is 22.7 Å². The molecule has 4 aromatic heterocycles. The molecule has 6 nitrogen and oxygen atoms in total. The second-order valence-electron chi connectivity index (χ2n) is 18.1. The van der Waals surface area contributed by atoms with Crippen molar-refractivity contribution in [2.24, 2.45) is 0 Å². The minimum Gasteiger partial charge on any atom is -0.456 e. The maximum Gasteiger partial charge on any atom is 0.141 e. The summed E-state index contributed by atoms with van der Waals surface area (Å²) in [6.07, 6.45) is 8.65. The minimum atomic E-state index is -0.278. The normalized spacial score (nSPS) is 15.4. The molecule has 0 N–H and O–H groups in total. The van der Waals surface area contributed by atoms with E-state index < -0.39 is 0 Å². The lowest BCUT2D eigenvalue weighted by atomic mass is 9.89. The van der Waals surface area contributed by atoms with Gasteiger partial charge < -0.3 is 18.5 Å². The van der Waals surface area contributed by atoms with Gasteiger partial charge >= 0.3 is 0 Å². The molecular formula is C62H35N5OS. The highest BCUT2D eigenvalue weighted by Gasteiger charge is 2.44. The van der Waals surface area contributed by atoms with E-state index in [0.29, 0.717) is 28.2 Å². The minimum absolute atomic E-state index is 0.130. The summed E-state index contributed by atoms with van der Waals surface area (Å²) in [6.45, 7) is 0. The fourth-order valence-electron chi connectivity index (χ4n) is 12.0. The lowest BCUT2D eigenvalue weighted by Gasteiger charge is -2.33. The molecule has 9 aromatic carbocycles. The molecular weight excluding hydrogens is 863 g/mol. The smallest absolute Gasteiger partial charge is 0.141 e. The fraction of sp³-hybridized carbons (Fsp3) is 0.0323. The van der Waals surface area contributed by atoms with E-state index in [4.69, 9.17) is 4.42 Å². The molecule has 0 spiro atoms. The van der Waals surface area contributed by atoms with Crippen LogP contribution in [0.25, 0.3) is 108 Å². The molecule has 0 saturated carbocycles. The van der Waals surface area contributed by atoms with Crippen LogP contribution in [0.4, 0.5) is 11.4 Å². The van der Waals surface area contributed by atoms with Crippen LogP contribution in [-0.4, -0.2) is 15.2 Å². The van der Waals surface area contributed by atoms with Gasteiger partial charge in [-0.05, 0) is 66.2 Å². The molecule has 0 bridgehead atoms. The van der Waals surface area contributed by atoms with Crippen LogP contribution in [0.15, 0.2) is 205 Å². The maximum atomic E-state index is 12.3. The van der Waals surface area contributed by atoms with Gasteiger partial charge in [-0.25, -0.2) is 0 Å². The van der Waals surface area contributed by atoms with Crippen molar-refractivity contribution >= 4 is 108 Å². The Morgan fingerprint density at radius 3 is 1.59 bits per heavy atom. The van der Waals surface area contributed by atoms with E-state index in [-0.39, 0.29) is 12.0 Å². The Balaban J connectivity index is 1.19. The number of fused-ring (bicyclic) bond motifs is 16. The molecule has 0 amide bonds. The Bertz CT molecular complexity index is 4300. The summed E-state index contributed by atoms with van der Waals surface area (Å²) in [5, 5.41) is 33.3. The van der Waals surface area contributed by atoms with E-state index in [1.165, 1.54) is 14.8 Å². The number of hydrogen-bond donors (Lipinski definition) is 0. The van der Waals surface area contributed by atoms with Crippen LogP contribution in [0.5, 0.6) is 0 Å². The highest BCUT2D eigenvalue weighted by atomic mass is 32.1. The summed E-state index contributed by atoms with van der Waals surface area (Å²) in [5.41, 5.74) is 11.9. The van der Waals surface area contributed by atoms with Crippen molar-refractivity contribution < 1.29 is 4.42 Å².